The molecule has 2 aromatic carbocycles. The zero-order valence-electron chi connectivity index (χ0n) is 19.2. The van der Waals surface area contributed by atoms with Crippen LogP contribution in [0.5, 0.6) is 11.5 Å². The van der Waals surface area contributed by atoms with E-state index in [1.807, 2.05) is 29.7 Å². The molecule has 2 heterocycles. The molecule has 1 aliphatic rings. The molecule has 0 saturated heterocycles. The van der Waals surface area contributed by atoms with Crippen LogP contribution in [-0.2, 0) is 26.1 Å². The van der Waals surface area contributed by atoms with Gasteiger partial charge in [0, 0.05) is 32.6 Å². The first kappa shape index (κ1) is 23.6. The molecule has 3 aromatic rings. The average Bonchev–Trinajstić information content (AvgIpc) is 3.10. The molecule has 0 bridgehead atoms. The Morgan fingerprint density at radius 3 is 2.62 bits per heavy atom. The highest BCUT2D eigenvalue weighted by Gasteiger charge is 2.21. The van der Waals surface area contributed by atoms with E-state index in [1.54, 1.807) is 7.11 Å². The van der Waals surface area contributed by atoms with Crippen molar-refractivity contribution < 1.29 is 23.0 Å². The van der Waals surface area contributed by atoms with E-state index in [9.17, 15) is 13.6 Å². The summed E-state index contributed by atoms with van der Waals surface area (Å²) in [5.41, 5.74) is 0.511. The second-order valence-corrected chi connectivity index (χ2v) is 7.91. The maximum Gasteiger partial charge on any atom is 0.257 e. The van der Waals surface area contributed by atoms with E-state index in [-0.39, 0.29) is 6.54 Å². The molecule has 0 saturated carbocycles. The molecule has 34 heavy (non-hydrogen) atoms. The first-order chi connectivity index (χ1) is 16.5. The van der Waals surface area contributed by atoms with Crippen LogP contribution in [0, 0.1) is 11.6 Å². The van der Waals surface area contributed by atoms with Gasteiger partial charge in [-0.05, 0) is 36.8 Å². The van der Waals surface area contributed by atoms with Crippen molar-refractivity contribution in [1.29, 1.82) is 0 Å². The Balaban J connectivity index is 1.39. The number of methoxy groups -OCH3 is 1. The molecule has 1 amide bonds. The maximum atomic E-state index is 13.9. The molecular formula is C24H27F2N5O3. The Labute approximate surface area is 196 Å². The predicted molar refractivity (Wildman–Crippen MR) is 121 cm³/mol. The summed E-state index contributed by atoms with van der Waals surface area (Å²) in [6.45, 7) is 5.43. The van der Waals surface area contributed by atoms with Crippen LogP contribution in [-0.4, -0.2) is 52.4 Å². The Bertz CT molecular complexity index is 1150. The van der Waals surface area contributed by atoms with Gasteiger partial charge >= 0.3 is 0 Å². The van der Waals surface area contributed by atoms with E-state index in [1.165, 1.54) is 6.07 Å². The van der Waals surface area contributed by atoms with Crippen molar-refractivity contribution in [3.63, 3.8) is 0 Å². The Kier molecular flexibility index (Phi) is 7.36. The van der Waals surface area contributed by atoms with Crippen molar-refractivity contribution in [2.45, 2.75) is 33.0 Å². The Morgan fingerprint density at radius 2 is 1.88 bits per heavy atom. The molecule has 0 aliphatic carbocycles. The lowest BCUT2D eigenvalue weighted by Gasteiger charge is -2.20. The van der Waals surface area contributed by atoms with E-state index in [0.29, 0.717) is 31.1 Å². The third kappa shape index (κ3) is 5.17. The van der Waals surface area contributed by atoms with Gasteiger partial charge in [-0.3, -0.25) is 9.69 Å². The van der Waals surface area contributed by atoms with Crippen molar-refractivity contribution in [1.82, 2.24) is 25.0 Å². The number of benzene rings is 2. The molecule has 0 radical (unpaired) electrons. The molecule has 1 N–H and O–H groups in total. The zero-order valence-corrected chi connectivity index (χ0v) is 19.2. The number of amides is 1. The minimum absolute atomic E-state index is 0.0236. The summed E-state index contributed by atoms with van der Waals surface area (Å²) in [7, 11) is 1.62. The van der Waals surface area contributed by atoms with Crippen LogP contribution in [0.4, 0.5) is 8.78 Å². The lowest BCUT2D eigenvalue weighted by atomic mass is 10.2. The minimum Gasteiger partial charge on any atom is -0.493 e. The Morgan fingerprint density at radius 1 is 1.09 bits per heavy atom. The first-order valence-electron chi connectivity index (χ1n) is 11.1. The van der Waals surface area contributed by atoms with Crippen LogP contribution in [0.3, 0.4) is 0 Å². The van der Waals surface area contributed by atoms with Crippen LogP contribution in [0.1, 0.15) is 34.5 Å². The first-order valence-corrected chi connectivity index (χ1v) is 11.1. The summed E-state index contributed by atoms with van der Waals surface area (Å²) in [6.07, 6.45) is 0.692. The summed E-state index contributed by atoms with van der Waals surface area (Å²) in [4.78, 5) is 14.6. The van der Waals surface area contributed by atoms with Gasteiger partial charge in [0.2, 0.25) is 0 Å². The van der Waals surface area contributed by atoms with Crippen LogP contribution in [0.2, 0.25) is 0 Å². The monoisotopic (exact) mass is 471 g/mol. The summed E-state index contributed by atoms with van der Waals surface area (Å²) in [6, 6.07) is 9.25. The van der Waals surface area contributed by atoms with E-state index in [2.05, 4.69) is 20.4 Å². The molecule has 0 spiro atoms. The molecule has 10 heteroatoms. The minimum atomic E-state index is -0.903. The van der Waals surface area contributed by atoms with Crippen LogP contribution in [0.15, 0.2) is 36.4 Å². The van der Waals surface area contributed by atoms with E-state index in [0.717, 1.165) is 48.9 Å². The van der Waals surface area contributed by atoms with Gasteiger partial charge in [0.25, 0.3) is 5.91 Å². The number of hydrogen-bond donors (Lipinski definition) is 1. The number of ether oxygens (including phenoxy) is 2. The fourth-order valence-corrected chi connectivity index (χ4v) is 4.02. The molecule has 4 rings (SSSR count). The van der Waals surface area contributed by atoms with Gasteiger partial charge in [-0.2, -0.15) is 0 Å². The number of carbonyl (C=O) groups is 1. The van der Waals surface area contributed by atoms with Crippen molar-refractivity contribution in [2.75, 3.05) is 26.8 Å². The Hall–Kier alpha value is -3.53. The number of fused-ring (bicyclic) bond motifs is 1. The van der Waals surface area contributed by atoms with E-state index < -0.39 is 23.1 Å². The number of nitrogens with one attached hydrogen (secondary N) is 1. The van der Waals surface area contributed by atoms with Gasteiger partial charge in [0.1, 0.15) is 23.0 Å². The van der Waals surface area contributed by atoms with Crippen molar-refractivity contribution in [3.05, 3.63) is 70.8 Å². The lowest BCUT2D eigenvalue weighted by Crippen LogP contribution is -2.28. The predicted octanol–water partition coefficient (Wildman–Crippen LogP) is 2.95. The zero-order chi connectivity index (χ0) is 24.1. The van der Waals surface area contributed by atoms with Crippen LogP contribution in [0.25, 0.3) is 0 Å². The van der Waals surface area contributed by atoms with Crippen LogP contribution >= 0.6 is 0 Å². The molecular weight excluding hydrogens is 444 g/mol. The quantitative estimate of drug-likeness (QED) is 0.544. The van der Waals surface area contributed by atoms with Gasteiger partial charge in [0.05, 0.1) is 20.3 Å². The molecule has 0 unspecified atom stereocenters. The number of hydrogen-bond acceptors (Lipinski definition) is 6. The third-order valence-electron chi connectivity index (χ3n) is 5.73. The highest BCUT2D eigenvalue weighted by atomic mass is 19.1. The van der Waals surface area contributed by atoms with Crippen molar-refractivity contribution in [3.8, 4) is 11.5 Å². The average molecular weight is 472 g/mol. The topological polar surface area (TPSA) is 81.5 Å². The van der Waals surface area contributed by atoms with Gasteiger partial charge in [-0.1, -0.05) is 12.1 Å². The SMILES string of the molecule is CCOc1cc(CN2CCc3nnc(CNC(=O)c4c(F)cccc4F)n3CC2)ccc1OC. The fourth-order valence-electron chi connectivity index (χ4n) is 4.02. The second-order valence-electron chi connectivity index (χ2n) is 7.91. The molecule has 8 nitrogen and oxygen atoms in total. The van der Waals surface area contributed by atoms with E-state index >= 15 is 0 Å². The normalized spacial score (nSPS) is 13.8. The summed E-state index contributed by atoms with van der Waals surface area (Å²) < 4.78 is 40.7. The van der Waals surface area contributed by atoms with Gasteiger partial charge < -0.3 is 19.4 Å². The molecule has 0 fully saturated rings. The van der Waals surface area contributed by atoms with Gasteiger partial charge in [-0.15, -0.1) is 10.2 Å². The number of aromatic nitrogens is 3. The maximum absolute atomic E-state index is 13.9. The van der Waals surface area contributed by atoms with Crippen molar-refractivity contribution in [2.24, 2.45) is 0 Å². The summed E-state index contributed by atoms with van der Waals surface area (Å²) in [5.74, 6) is 0.151. The van der Waals surface area contributed by atoms with E-state index in [4.69, 9.17) is 9.47 Å². The number of rotatable bonds is 8. The standard InChI is InChI=1S/C24H27F2N5O3/c1-3-34-20-13-16(7-8-19(20)33-2)15-30-10-9-21-28-29-22(31(21)12-11-30)14-27-24(32)23-17(25)5-4-6-18(23)26/h4-8,13H,3,9-12,14-15H2,1-2H3,(H,27,32). The second kappa shape index (κ2) is 10.6. The molecule has 0 atom stereocenters. The molecule has 1 aromatic heterocycles. The molecule has 180 valence electrons. The number of halogens is 2. The van der Waals surface area contributed by atoms with Gasteiger partial charge in [0.15, 0.2) is 17.3 Å². The fraction of sp³-hybridized carbons (Fsp3) is 0.375. The third-order valence-corrected chi connectivity index (χ3v) is 5.73. The van der Waals surface area contributed by atoms with Crippen molar-refractivity contribution >= 4 is 5.91 Å². The smallest absolute Gasteiger partial charge is 0.257 e. The number of nitrogens with zero attached hydrogens (tertiary/aromatic N) is 4. The van der Waals surface area contributed by atoms with Gasteiger partial charge in [-0.25, -0.2) is 8.78 Å². The highest BCUT2D eigenvalue weighted by molar-refractivity contribution is 5.94. The largest absolute Gasteiger partial charge is 0.493 e. The lowest BCUT2D eigenvalue weighted by molar-refractivity contribution is 0.0941. The molecule has 1 aliphatic heterocycles. The summed E-state index contributed by atoms with van der Waals surface area (Å²) in [5, 5.41) is 11.0. The summed E-state index contributed by atoms with van der Waals surface area (Å²) >= 11 is 0. The van der Waals surface area contributed by atoms with Crippen LogP contribution < -0.4 is 14.8 Å². The number of carbonyl (C=O) groups excluding carboxylic acids is 1. The highest BCUT2D eigenvalue weighted by Crippen LogP contribution is 2.28.